The molecule has 0 unspecified atom stereocenters. The first-order valence-electron chi connectivity index (χ1n) is 3.52. The minimum absolute atomic E-state index is 0.618. The number of carbonyl (C=O) groups excluding carboxylic acids is 1. The Bertz CT molecular complexity index is 318. The fourth-order valence-electron chi connectivity index (χ4n) is 1.00. The van der Waals surface area contributed by atoms with Crippen LogP contribution in [-0.2, 0) is 0 Å². The van der Waals surface area contributed by atoms with E-state index in [9.17, 15) is 4.79 Å². The van der Waals surface area contributed by atoms with E-state index in [4.69, 9.17) is 5.21 Å². The van der Waals surface area contributed by atoms with Gasteiger partial charge < -0.3 is 5.21 Å². The van der Waals surface area contributed by atoms with E-state index in [2.05, 4.69) is 5.16 Å². The predicted molar refractivity (Wildman–Crippen MR) is 45.9 cm³/mol. The highest BCUT2D eigenvalue weighted by atomic mass is 16.4. The summed E-state index contributed by atoms with van der Waals surface area (Å²) in [5, 5.41) is 11.2. The van der Waals surface area contributed by atoms with Gasteiger partial charge in [-0.25, -0.2) is 0 Å². The molecule has 0 heterocycles. The molecule has 62 valence electrons. The van der Waals surface area contributed by atoms with Crippen molar-refractivity contribution < 1.29 is 10.0 Å². The van der Waals surface area contributed by atoms with Crippen LogP contribution in [0.2, 0.25) is 0 Å². The van der Waals surface area contributed by atoms with Crippen LogP contribution in [0.15, 0.2) is 23.4 Å². The maximum Gasteiger partial charge on any atom is 0.150 e. The molecule has 0 aliphatic heterocycles. The summed E-state index contributed by atoms with van der Waals surface area (Å²) in [6, 6.07) is 5.24. The van der Waals surface area contributed by atoms with Gasteiger partial charge in [-0.05, 0) is 18.1 Å². The monoisotopic (exact) mass is 163 g/mol. The highest BCUT2D eigenvalue weighted by Gasteiger charge is 1.99. The Kier molecular flexibility index (Phi) is 2.58. The van der Waals surface area contributed by atoms with Crippen molar-refractivity contribution in [2.24, 2.45) is 5.16 Å². The molecular formula is C9H9NO2. The van der Waals surface area contributed by atoms with Crippen molar-refractivity contribution in [1.82, 2.24) is 0 Å². The Morgan fingerprint density at radius 2 is 2.08 bits per heavy atom. The van der Waals surface area contributed by atoms with Gasteiger partial charge in [0.25, 0.3) is 0 Å². The van der Waals surface area contributed by atoms with E-state index in [1.165, 1.54) is 6.21 Å². The van der Waals surface area contributed by atoms with Gasteiger partial charge >= 0.3 is 0 Å². The van der Waals surface area contributed by atoms with Crippen molar-refractivity contribution in [3.63, 3.8) is 0 Å². The molecule has 1 N–H and O–H groups in total. The zero-order chi connectivity index (χ0) is 8.97. The summed E-state index contributed by atoms with van der Waals surface area (Å²) < 4.78 is 0. The van der Waals surface area contributed by atoms with Crippen molar-refractivity contribution in [2.75, 3.05) is 0 Å². The van der Waals surface area contributed by atoms with E-state index in [0.29, 0.717) is 5.56 Å². The van der Waals surface area contributed by atoms with E-state index < -0.39 is 0 Å². The minimum Gasteiger partial charge on any atom is -0.411 e. The molecule has 1 aromatic carbocycles. The zero-order valence-corrected chi connectivity index (χ0v) is 6.69. The zero-order valence-electron chi connectivity index (χ0n) is 6.69. The summed E-state index contributed by atoms with van der Waals surface area (Å²) in [6.07, 6.45) is 2.09. The Morgan fingerprint density at radius 3 is 2.67 bits per heavy atom. The summed E-state index contributed by atoms with van der Waals surface area (Å²) in [4.78, 5) is 10.5. The molecule has 0 amide bonds. The highest BCUT2D eigenvalue weighted by molar-refractivity contribution is 5.87. The molecule has 0 bridgehead atoms. The summed E-state index contributed by atoms with van der Waals surface area (Å²) in [5.41, 5.74) is 2.19. The SMILES string of the molecule is Cc1c(C=O)cccc1/C=N/O. The normalized spacial score (nSPS) is 10.4. The fourth-order valence-corrected chi connectivity index (χ4v) is 1.00. The molecule has 12 heavy (non-hydrogen) atoms. The second kappa shape index (κ2) is 3.67. The van der Waals surface area contributed by atoms with E-state index in [0.717, 1.165) is 17.4 Å². The third-order valence-corrected chi connectivity index (χ3v) is 1.74. The smallest absolute Gasteiger partial charge is 0.150 e. The predicted octanol–water partition coefficient (Wildman–Crippen LogP) is 1.62. The topological polar surface area (TPSA) is 49.7 Å². The van der Waals surface area contributed by atoms with Gasteiger partial charge in [0.15, 0.2) is 0 Å². The average molecular weight is 163 g/mol. The fraction of sp³-hybridized carbons (Fsp3) is 0.111. The molecule has 1 aromatic rings. The number of carbonyl (C=O) groups is 1. The Balaban J connectivity index is 3.22. The molecular weight excluding hydrogens is 154 g/mol. The second-order valence-corrected chi connectivity index (χ2v) is 2.42. The van der Waals surface area contributed by atoms with E-state index in [1.807, 2.05) is 0 Å². The average Bonchev–Trinajstić information content (AvgIpc) is 2.09. The quantitative estimate of drug-likeness (QED) is 0.311. The maximum absolute atomic E-state index is 10.5. The van der Waals surface area contributed by atoms with Crippen LogP contribution in [-0.4, -0.2) is 17.7 Å². The lowest BCUT2D eigenvalue weighted by atomic mass is 10.0. The number of nitrogens with zero attached hydrogens (tertiary/aromatic N) is 1. The Labute approximate surface area is 70.3 Å². The molecule has 0 fully saturated rings. The van der Waals surface area contributed by atoms with E-state index >= 15 is 0 Å². The Hall–Kier alpha value is -1.64. The lowest BCUT2D eigenvalue weighted by molar-refractivity contribution is 0.112. The standard InChI is InChI=1S/C9H9NO2/c1-7-8(5-10-12)3-2-4-9(7)6-11/h2-6,12H,1H3/b10-5+. The van der Waals surface area contributed by atoms with Gasteiger partial charge in [0.05, 0.1) is 6.21 Å². The largest absolute Gasteiger partial charge is 0.411 e. The van der Waals surface area contributed by atoms with Crippen molar-refractivity contribution in [1.29, 1.82) is 0 Å². The second-order valence-electron chi connectivity index (χ2n) is 2.42. The van der Waals surface area contributed by atoms with Crippen LogP contribution in [0, 0.1) is 6.92 Å². The van der Waals surface area contributed by atoms with Crippen LogP contribution < -0.4 is 0 Å². The minimum atomic E-state index is 0.618. The number of benzene rings is 1. The molecule has 0 atom stereocenters. The maximum atomic E-state index is 10.5. The van der Waals surface area contributed by atoms with Gasteiger partial charge in [-0.3, -0.25) is 4.79 Å². The van der Waals surface area contributed by atoms with Gasteiger partial charge in [0, 0.05) is 5.56 Å². The third kappa shape index (κ3) is 1.50. The van der Waals surface area contributed by atoms with Gasteiger partial charge in [-0.2, -0.15) is 0 Å². The van der Waals surface area contributed by atoms with Crippen LogP contribution >= 0.6 is 0 Å². The lowest BCUT2D eigenvalue weighted by Crippen LogP contribution is -1.92. The number of aldehydes is 1. The molecule has 0 aliphatic rings. The van der Waals surface area contributed by atoms with Gasteiger partial charge in [0.1, 0.15) is 6.29 Å². The van der Waals surface area contributed by atoms with Crippen molar-refractivity contribution >= 4 is 12.5 Å². The third-order valence-electron chi connectivity index (χ3n) is 1.74. The van der Waals surface area contributed by atoms with E-state index in [1.54, 1.807) is 25.1 Å². The molecule has 0 saturated carbocycles. The van der Waals surface area contributed by atoms with Crippen molar-refractivity contribution in [3.8, 4) is 0 Å². The lowest BCUT2D eigenvalue weighted by Gasteiger charge is -2.00. The van der Waals surface area contributed by atoms with Crippen molar-refractivity contribution in [2.45, 2.75) is 6.92 Å². The van der Waals surface area contributed by atoms with Crippen LogP contribution in [0.25, 0.3) is 0 Å². The molecule has 3 nitrogen and oxygen atoms in total. The van der Waals surface area contributed by atoms with Crippen LogP contribution in [0.1, 0.15) is 21.5 Å². The summed E-state index contributed by atoms with van der Waals surface area (Å²) in [6.45, 7) is 1.81. The van der Waals surface area contributed by atoms with Crippen molar-refractivity contribution in [3.05, 3.63) is 34.9 Å². The molecule has 0 radical (unpaired) electrons. The first kappa shape index (κ1) is 8.46. The van der Waals surface area contributed by atoms with Crippen LogP contribution in [0.5, 0.6) is 0 Å². The number of hydrogen-bond acceptors (Lipinski definition) is 3. The number of hydrogen-bond donors (Lipinski definition) is 1. The summed E-state index contributed by atoms with van der Waals surface area (Å²) in [5.74, 6) is 0. The summed E-state index contributed by atoms with van der Waals surface area (Å²) >= 11 is 0. The molecule has 0 aromatic heterocycles. The molecule has 0 saturated heterocycles. The number of rotatable bonds is 2. The number of oxime groups is 1. The highest BCUT2D eigenvalue weighted by Crippen LogP contribution is 2.09. The molecule has 3 heteroatoms. The van der Waals surface area contributed by atoms with Crippen LogP contribution in [0.4, 0.5) is 0 Å². The van der Waals surface area contributed by atoms with Crippen LogP contribution in [0.3, 0.4) is 0 Å². The van der Waals surface area contributed by atoms with E-state index in [-0.39, 0.29) is 0 Å². The Morgan fingerprint density at radius 1 is 1.42 bits per heavy atom. The van der Waals surface area contributed by atoms with Gasteiger partial charge in [-0.15, -0.1) is 0 Å². The summed E-state index contributed by atoms with van der Waals surface area (Å²) in [7, 11) is 0. The van der Waals surface area contributed by atoms with Gasteiger partial charge in [0.2, 0.25) is 0 Å². The molecule has 1 rings (SSSR count). The molecule has 0 aliphatic carbocycles. The first-order valence-corrected chi connectivity index (χ1v) is 3.52. The first-order chi connectivity index (χ1) is 5.79. The van der Waals surface area contributed by atoms with Gasteiger partial charge in [-0.1, -0.05) is 23.4 Å². The molecule has 0 spiro atoms.